The first-order valence-electron chi connectivity index (χ1n) is 4.28. The molecule has 0 aliphatic carbocycles. The molecular formula is C10H14N2O2. The average molecular weight is 194 g/mol. The van der Waals surface area contributed by atoms with E-state index in [-0.39, 0.29) is 11.8 Å². The van der Waals surface area contributed by atoms with E-state index in [0.29, 0.717) is 5.69 Å². The Balaban J connectivity index is 2.82. The van der Waals surface area contributed by atoms with Gasteiger partial charge in [0.15, 0.2) is 0 Å². The molecule has 0 spiro atoms. The van der Waals surface area contributed by atoms with Crippen LogP contribution in [0.1, 0.15) is 5.56 Å². The maximum atomic E-state index is 11.3. The predicted octanol–water partition coefficient (Wildman–Crippen LogP) is 1.79. The van der Waals surface area contributed by atoms with E-state index in [9.17, 15) is 9.90 Å². The maximum Gasteiger partial charge on any atom is 0.321 e. The summed E-state index contributed by atoms with van der Waals surface area (Å²) in [6, 6.07) is 4.84. The normalized spacial score (nSPS) is 9.64. The number of carbonyl (C=O) groups excluding carboxylic acids is 1. The molecule has 0 unspecified atom stereocenters. The van der Waals surface area contributed by atoms with E-state index in [1.807, 2.05) is 13.0 Å². The summed E-state index contributed by atoms with van der Waals surface area (Å²) in [6.45, 7) is 1.87. The summed E-state index contributed by atoms with van der Waals surface area (Å²) < 4.78 is 0. The van der Waals surface area contributed by atoms with Crippen molar-refractivity contribution >= 4 is 11.7 Å². The number of nitrogens with one attached hydrogen (secondary N) is 1. The van der Waals surface area contributed by atoms with Crippen LogP contribution in [-0.2, 0) is 0 Å². The number of urea groups is 1. The zero-order valence-corrected chi connectivity index (χ0v) is 8.53. The molecule has 0 aliphatic rings. The fraction of sp³-hybridized carbons (Fsp3) is 0.300. The number of anilines is 1. The van der Waals surface area contributed by atoms with E-state index < -0.39 is 0 Å². The SMILES string of the molecule is Cc1ccc(NC(=O)N(C)C)c(O)c1. The Morgan fingerprint density at radius 1 is 1.43 bits per heavy atom. The van der Waals surface area contributed by atoms with E-state index >= 15 is 0 Å². The van der Waals surface area contributed by atoms with Gasteiger partial charge in [-0.2, -0.15) is 0 Å². The summed E-state index contributed by atoms with van der Waals surface area (Å²) in [5.41, 5.74) is 1.37. The number of hydrogen-bond acceptors (Lipinski definition) is 2. The zero-order valence-electron chi connectivity index (χ0n) is 8.53. The van der Waals surface area contributed by atoms with Crippen LogP contribution in [0, 0.1) is 6.92 Å². The second kappa shape index (κ2) is 4.00. The molecular weight excluding hydrogens is 180 g/mol. The highest BCUT2D eigenvalue weighted by Crippen LogP contribution is 2.23. The van der Waals surface area contributed by atoms with Crippen LogP contribution in [0.2, 0.25) is 0 Å². The van der Waals surface area contributed by atoms with E-state index in [2.05, 4.69) is 5.32 Å². The molecule has 0 fully saturated rings. The van der Waals surface area contributed by atoms with Gasteiger partial charge >= 0.3 is 6.03 Å². The van der Waals surface area contributed by atoms with Crippen molar-refractivity contribution in [3.8, 4) is 5.75 Å². The summed E-state index contributed by atoms with van der Waals surface area (Å²) in [5.74, 6) is 0.0835. The lowest BCUT2D eigenvalue weighted by Crippen LogP contribution is -2.27. The second-order valence-electron chi connectivity index (χ2n) is 3.35. The number of nitrogens with zero attached hydrogens (tertiary/aromatic N) is 1. The second-order valence-corrected chi connectivity index (χ2v) is 3.35. The molecule has 4 nitrogen and oxygen atoms in total. The third kappa shape index (κ3) is 2.39. The van der Waals surface area contributed by atoms with Crippen LogP contribution < -0.4 is 5.32 Å². The van der Waals surface area contributed by atoms with E-state index in [1.165, 1.54) is 4.90 Å². The third-order valence-corrected chi connectivity index (χ3v) is 1.80. The number of amides is 2. The first-order valence-corrected chi connectivity index (χ1v) is 4.28. The monoisotopic (exact) mass is 194 g/mol. The summed E-state index contributed by atoms with van der Waals surface area (Å²) >= 11 is 0. The maximum absolute atomic E-state index is 11.3. The number of aryl methyl sites for hydroxylation is 1. The van der Waals surface area contributed by atoms with Gasteiger partial charge in [0.2, 0.25) is 0 Å². The topological polar surface area (TPSA) is 52.6 Å². The molecule has 0 heterocycles. The van der Waals surface area contributed by atoms with Crippen LogP contribution in [0.4, 0.5) is 10.5 Å². The van der Waals surface area contributed by atoms with Gasteiger partial charge in [-0.25, -0.2) is 4.79 Å². The Kier molecular flexibility index (Phi) is 2.96. The number of phenols is 1. The minimum absolute atomic E-state index is 0.0835. The van der Waals surface area contributed by atoms with Crippen molar-refractivity contribution in [2.24, 2.45) is 0 Å². The van der Waals surface area contributed by atoms with Gasteiger partial charge in [-0.3, -0.25) is 0 Å². The van der Waals surface area contributed by atoms with Gasteiger partial charge in [0.25, 0.3) is 0 Å². The van der Waals surface area contributed by atoms with E-state index in [4.69, 9.17) is 0 Å². The summed E-state index contributed by atoms with van der Waals surface area (Å²) in [6.07, 6.45) is 0. The van der Waals surface area contributed by atoms with Gasteiger partial charge in [-0.15, -0.1) is 0 Å². The van der Waals surface area contributed by atoms with Gasteiger partial charge in [0.05, 0.1) is 5.69 Å². The van der Waals surface area contributed by atoms with Crippen LogP contribution in [0.5, 0.6) is 5.75 Å². The molecule has 0 saturated heterocycles. The minimum Gasteiger partial charge on any atom is -0.506 e. The first-order chi connectivity index (χ1) is 6.50. The Morgan fingerprint density at radius 2 is 2.07 bits per heavy atom. The molecule has 14 heavy (non-hydrogen) atoms. The highest BCUT2D eigenvalue weighted by molar-refractivity contribution is 5.90. The molecule has 76 valence electrons. The van der Waals surface area contributed by atoms with Gasteiger partial charge < -0.3 is 15.3 Å². The average Bonchev–Trinajstić information content (AvgIpc) is 2.09. The fourth-order valence-electron chi connectivity index (χ4n) is 0.974. The molecule has 0 bridgehead atoms. The Hall–Kier alpha value is -1.71. The van der Waals surface area contributed by atoms with Crippen molar-refractivity contribution in [1.29, 1.82) is 0 Å². The number of hydrogen-bond donors (Lipinski definition) is 2. The van der Waals surface area contributed by atoms with Crippen molar-refractivity contribution in [2.75, 3.05) is 19.4 Å². The third-order valence-electron chi connectivity index (χ3n) is 1.80. The molecule has 0 saturated carbocycles. The molecule has 0 aliphatic heterocycles. The number of benzene rings is 1. The number of phenolic OH excluding ortho intramolecular Hbond substituents is 1. The first kappa shape index (κ1) is 10.4. The lowest BCUT2D eigenvalue weighted by atomic mass is 10.2. The molecule has 1 aromatic rings. The van der Waals surface area contributed by atoms with Crippen LogP contribution in [0.25, 0.3) is 0 Å². The zero-order chi connectivity index (χ0) is 10.7. The lowest BCUT2D eigenvalue weighted by Gasteiger charge is -2.12. The van der Waals surface area contributed by atoms with Crippen LogP contribution in [0.3, 0.4) is 0 Å². The summed E-state index contributed by atoms with van der Waals surface area (Å²) in [4.78, 5) is 12.7. The van der Waals surface area contributed by atoms with Crippen LogP contribution >= 0.6 is 0 Å². The lowest BCUT2D eigenvalue weighted by molar-refractivity contribution is 0.230. The van der Waals surface area contributed by atoms with Crippen LogP contribution in [-0.4, -0.2) is 30.1 Å². The Morgan fingerprint density at radius 3 is 2.57 bits per heavy atom. The van der Waals surface area contributed by atoms with E-state index in [1.54, 1.807) is 26.2 Å². The largest absolute Gasteiger partial charge is 0.506 e. The minimum atomic E-state index is -0.260. The smallest absolute Gasteiger partial charge is 0.321 e. The number of rotatable bonds is 1. The van der Waals surface area contributed by atoms with E-state index in [0.717, 1.165) is 5.56 Å². The van der Waals surface area contributed by atoms with Crippen molar-refractivity contribution in [3.63, 3.8) is 0 Å². The van der Waals surface area contributed by atoms with Gasteiger partial charge in [0, 0.05) is 14.1 Å². The van der Waals surface area contributed by atoms with Crippen molar-refractivity contribution in [1.82, 2.24) is 4.90 Å². The molecule has 2 N–H and O–H groups in total. The quantitative estimate of drug-likeness (QED) is 0.670. The Bertz CT molecular complexity index is 348. The van der Waals surface area contributed by atoms with Gasteiger partial charge in [0.1, 0.15) is 5.75 Å². The molecule has 0 aromatic heterocycles. The summed E-state index contributed by atoms with van der Waals surface area (Å²) in [5, 5.41) is 12.1. The van der Waals surface area contributed by atoms with Crippen LogP contribution in [0.15, 0.2) is 18.2 Å². The molecule has 1 rings (SSSR count). The van der Waals surface area contributed by atoms with Crippen molar-refractivity contribution in [2.45, 2.75) is 6.92 Å². The summed E-state index contributed by atoms with van der Waals surface area (Å²) in [7, 11) is 3.28. The standard InChI is InChI=1S/C10H14N2O2/c1-7-4-5-8(9(13)6-7)11-10(14)12(2)3/h4-6,13H,1-3H3,(H,11,14). The molecule has 2 amide bonds. The van der Waals surface area contributed by atoms with Gasteiger partial charge in [-0.05, 0) is 24.6 Å². The highest BCUT2D eigenvalue weighted by atomic mass is 16.3. The molecule has 1 aromatic carbocycles. The highest BCUT2D eigenvalue weighted by Gasteiger charge is 2.06. The molecule has 0 atom stereocenters. The number of aromatic hydroxyl groups is 1. The van der Waals surface area contributed by atoms with Crippen molar-refractivity contribution < 1.29 is 9.90 Å². The molecule has 4 heteroatoms. The van der Waals surface area contributed by atoms with Gasteiger partial charge in [-0.1, -0.05) is 6.07 Å². The van der Waals surface area contributed by atoms with Crippen molar-refractivity contribution in [3.05, 3.63) is 23.8 Å². The number of carbonyl (C=O) groups is 1. The molecule has 0 radical (unpaired) electrons. The Labute approximate surface area is 83.2 Å². The predicted molar refractivity (Wildman–Crippen MR) is 55.5 cm³/mol. The fourth-order valence-corrected chi connectivity index (χ4v) is 0.974.